The van der Waals surface area contributed by atoms with E-state index in [2.05, 4.69) is 25.7 Å². The molecule has 1 fully saturated rings. The minimum Gasteiger partial charge on any atom is -0.322 e. The monoisotopic (exact) mass is 377 g/mol. The van der Waals surface area contributed by atoms with Gasteiger partial charge in [-0.05, 0) is 41.1 Å². The molecule has 0 unspecified atom stereocenters. The van der Waals surface area contributed by atoms with Crippen LogP contribution < -0.4 is 5.32 Å². The zero-order valence-electron chi connectivity index (χ0n) is 15.8. The van der Waals surface area contributed by atoms with E-state index >= 15 is 0 Å². The van der Waals surface area contributed by atoms with E-state index < -0.39 is 0 Å². The second kappa shape index (κ2) is 8.18. The van der Waals surface area contributed by atoms with Gasteiger partial charge in [0.2, 0.25) is 0 Å². The first kappa shape index (κ1) is 18.1. The molecule has 28 heavy (non-hydrogen) atoms. The van der Waals surface area contributed by atoms with Crippen molar-refractivity contribution in [3.63, 3.8) is 0 Å². The Morgan fingerprint density at radius 2 is 1.71 bits per heavy atom. The van der Waals surface area contributed by atoms with E-state index in [0.29, 0.717) is 19.6 Å². The number of para-hydroxylation sites is 2. The second-order valence-electron chi connectivity index (χ2n) is 6.85. The van der Waals surface area contributed by atoms with Crippen molar-refractivity contribution >= 4 is 11.7 Å². The van der Waals surface area contributed by atoms with Crippen LogP contribution in [0.25, 0.3) is 5.69 Å². The lowest BCUT2D eigenvalue weighted by Gasteiger charge is -2.34. The van der Waals surface area contributed by atoms with Gasteiger partial charge in [-0.15, -0.1) is 5.10 Å². The van der Waals surface area contributed by atoms with Gasteiger partial charge in [0.05, 0.1) is 12.2 Å². The van der Waals surface area contributed by atoms with Crippen LogP contribution in [0.2, 0.25) is 0 Å². The van der Waals surface area contributed by atoms with Crippen LogP contribution in [0.3, 0.4) is 0 Å². The number of nitrogens with one attached hydrogen (secondary N) is 1. The first-order valence-electron chi connectivity index (χ1n) is 9.37. The average molecular weight is 377 g/mol. The first-order valence-corrected chi connectivity index (χ1v) is 9.37. The second-order valence-corrected chi connectivity index (χ2v) is 6.85. The van der Waals surface area contributed by atoms with E-state index in [-0.39, 0.29) is 6.03 Å². The maximum absolute atomic E-state index is 12.5. The van der Waals surface area contributed by atoms with E-state index in [0.717, 1.165) is 35.9 Å². The number of anilines is 1. The summed E-state index contributed by atoms with van der Waals surface area (Å²) in [4.78, 5) is 16.7. The number of amides is 2. The lowest BCUT2D eigenvalue weighted by Crippen LogP contribution is -2.49. The summed E-state index contributed by atoms with van der Waals surface area (Å²) in [5, 5.41) is 15.1. The highest BCUT2D eigenvalue weighted by Gasteiger charge is 2.23. The van der Waals surface area contributed by atoms with E-state index in [9.17, 15) is 4.79 Å². The molecule has 1 N–H and O–H groups in total. The number of urea groups is 1. The van der Waals surface area contributed by atoms with Crippen LogP contribution in [0.1, 0.15) is 11.4 Å². The highest BCUT2D eigenvalue weighted by Crippen LogP contribution is 2.15. The summed E-state index contributed by atoms with van der Waals surface area (Å²) in [6, 6.07) is 17.6. The molecule has 0 radical (unpaired) electrons. The molecule has 1 aromatic heterocycles. The molecule has 2 aromatic carbocycles. The molecule has 4 rings (SSSR count). The molecule has 3 aromatic rings. The number of tetrazole rings is 1. The maximum Gasteiger partial charge on any atom is 0.321 e. The van der Waals surface area contributed by atoms with Crippen molar-refractivity contribution in [1.82, 2.24) is 30.0 Å². The summed E-state index contributed by atoms with van der Waals surface area (Å²) < 4.78 is 1.76. The quantitative estimate of drug-likeness (QED) is 0.755. The predicted molar refractivity (Wildman–Crippen MR) is 106 cm³/mol. The van der Waals surface area contributed by atoms with Crippen molar-refractivity contribution in [1.29, 1.82) is 0 Å². The fraction of sp³-hybridized carbons (Fsp3) is 0.300. The highest BCUT2D eigenvalue weighted by atomic mass is 16.2. The minimum atomic E-state index is -0.0527. The van der Waals surface area contributed by atoms with Gasteiger partial charge < -0.3 is 10.2 Å². The fourth-order valence-electron chi connectivity index (χ4n) is 3.29. The van der Waals surface area contributed by atoms with Gasteiger partial charge in [-0.25, -0.2) is 4.79 Å². The molecule has 1 aliphatic rings. The minimum absolute atomic E-state index is 0.0527. The molecular weight excluding hydrogens is 354 g/mol. The van der Waals surface area contributed by atoms with Gasteiger partial charge in [-0.2, -0.15) is 4.68 Å². The Kier molecular flexibility index (Phi) is 5.29. The SMILES string of the molecule is Cc1ccccc1NC(=O)N1CCN(Cc2nnnn2-c2ccccc2)CC1. The molecule has 1 saturated heterocycles. The van der Waals surface area contributed by atoms with Gasteiger partial charge in [0.1, 0.15) is 0 Å². The number of piperazine rings is 1. The Labute approximate surface area is 163 Å². The lowest BCUT2D eigenvalue weighted by atomic mass is 10.2. The summed E-state index contributed by atoms with van der Waals surface area (Å²) in [5.41, 5.74) is 2.86. The third-order valence-electron chi connectivity index (χ3n) is 4.95. The van der Waals surface area contributed by atoms with Crippen LogP contribution in [0.5, 0.6) is 0 Å². The summed E-state index contributed by atoms with van der Waals surface area (Å²) >= 11 is 0. The van der Waals surface area contributed by atoms with Crippen molar-refractivity contribution < 1.29 is 4.79 Å². The Morgan fingerprint density at radius 3 is 2.46 bits per heavy atom. The molecular formula is C20H23N7O. The third kappa shape index (κ3) is 4.01. The predicted octanol–water partition coefficient (Wildman–Crippen LogP) is 2.32. The molecule has 1 aliphatic heterocycles. The highest BCUT2D eigenvalue weighted by molar-refractivity contribution is 5.90. The summed E-state index contributed by atoms with van der Waals surface area (Å²) in [5.74, 6) is 0.795. The van der Waals surface area contributed by atoms with Crippen molar-refractivity contribution in [3.8, 4) is 5.69 Å². The number of carbonyl (C=O) groups excluding carboxylic acids is 1. The molecule has 0 atom stereocenters. The molecule has 0 spiro atoms. The Balaban J connectivity index is 1.33. The van der Waals surface area contributed by atoms with Gasteiger partial charge >= 0.3 is 6.03 Å². The molecule has 0 aliphatic carbocycles. The molecule has 0 bridgehead atoms. The summed E-state index contributed by atoms with van der Waals surface area (Å²) in [6.45, 7) is 5.54. The van der Waals surface area contributed by atoms with Crippen molar-refractivity contribution in [3.05, 3.63) is 66.0 Å². The van der Waals surface area contributed by atoms with Crippen molar-refractivity contribution in [2.24, 2.45) is 0 Å². The van der Waals surface area contributed by atoms with Crippen LogP contribution in [0.4, 0.5) is 10.5 Å². The molecule has 0 saturated carbocycles. The molecule has 8 nitrogen and oxygen atoms in total. The van der Waals surface area contributed by atoms with Crippen LogP contribution >= 0.6 is 0 Å². The average Bonchev–Trinajstić information content (AvgIpc) is 3.19. The number of rotatable bonds is 4. The van der Waals surface area contributed by atoms with Gasteiger partial charge in [0.15, 0.2) is 5.82 Å². The molecule has 8 heteroatoms. The van der Waals surface area contributed by atoms with Gasteiger partial charge in [-0.3, -0.25) is 4.90 Å². The van der Waals surface area contributed by atoms with Crippen LogP contribution in [0.15, 0.2) is 54.6 Å². The van der Waals surface area contributed by atoms with Gasteiger partial charge in [-0.1, -0.05) is 36.4 Å². The summed E-state index contributed by atoms with van der Waals surface area (Å²) in [6.07, 6.45) is 0. The van der Waals surface area contributed by atoms with Crippen molar-refractivity contribution in [2.45, 2.75) is 13.5 Å². The van der Waals surface area contributed by atoms with Crippen LogP contribution in [-0.4, -0.2) is 62.2 Å². The van der Waals surface area contributed by atoms with Gasteiger partial charge in [0.25, 0.3) is 0 Å². The topological polar surface area (TPSA) is 79.2 Å². The molecule has 144 valence electrons. The zero-order valence-corrected chi connectivity index (χ0v) is 15.8. The number of benzene rings is 2. The van der Waals surface area contributed by atoms with E-state index in [1.807, 2.05) is 66.4 Å². The maximum atomic E-state index is 12.5. The first-order chi connectivity index (χ1) is 13.7. The third-order valence-corrected chi connectivity index (χ3v) is 4.95. The van der Waals surface area contributed by atoms with Crippen LogP contribution in [-0.2, 0) is 6.54 Å². The van der Waals surface area contributed by atoms with Crippen molar-refractivity contribution in [2.75, 3.05) is 31.5 Å². The number of carbonyl (C=O) groups is 1. The van der Waals surface area contributed by atoms with E-state index in [1.54, 1.807) is 4.68 Å². The number of aromatic nitrogens is 4. The number of nitrogens with zero attached hydrogens (tertiary/aromatic N) is 6. The Morgan fingerprint density at radius 1 is 1.00 bits per heavy atom. The smallest absolute Gasteiger partial charge is 0.321 e. The largest absolute Gasteiger partial charge is 0.322 e. The molecule has 2 amide bonds. The number of hydrogen-bond donors (Lipinski definition) is 1. The molecule has 2 heterocycles. The van der Waals surface area contributed by atoms with E-state index in [4.69, 9.17) is 0 Å². The lowest BCUT2D eigenvalue weighted by molar-refractivity contribution is 0.140. The Bertz CT molecular complexity index is 932. The fourth-order valence-corrected chi connectivity index (χ4v) is 3.29. The van der Waals surface area contributed by atoms with Crippen LogP contribution in [0, 0.1) is 6.92 Å². The number of hydrogen-bond acceptors (Lipinski definition) is 5. The Hall–Kier alpha value is -3.26. The summed E-state index contributed by atoms with van der Waals surface area (Å²) in [7, 11) is 0. The normalized spacial score (nSPS) is 14.8. The number of aryl methyl sites for hydroxylation is 1. The standard InChI is InChI=1S/C20H23N7O/c1-16-7-5-6-10-18(16)21-20(28)26-13-11-25(12-14-26)15-19-22-23-24-27(19)17-8-3-2-4-9-17/h2-10H,11-15H2,1H3,(H,21,28). The van der Waals surface area contributed by atoms with E-state index in [1.165, 1.54) is 0 Å². The zero-order chi connectivity index (χ0) is 19.3. The van der Waals surface area contributed by atoms with Gasteiger partial charge in [0, 0.05) is 31.9 Å².